The Kier molecular flexibility index (Phi) is 16.8. The van der Waals surface area contributed by atoms with Gasteiger partial charge >= 0.3 is 38.2 Å². The zero-order valence-electron chi connectivity index (χ0n) is 3.26. The van der Waals surface area contributed by atoms with Crippen LogP contribution in [-0.4, -0.2) is 7.11 Å². The normalized spacial score (nSPS) is 6.60. The van der Waals surface area contributed by atoms with Crippen LogP contribution in [0, 0.1) is 0 Å². The summed E-state index contributed by atoms with van der Waals surface area (Å²) < 4.78 is 13.0. The molecular weight excluding hydrogens is 98.0 g/mol. The van der Waals surface area contributed by atoms with E-state index >= 15 is 0 Å². The van der Waals surface area contributed by atoms with E-state index in [4.69, 9.17) is 4.57 Å². The second-order valence-electron chi connectivity index (χ2n) is 0.257. The first-order valence-corrected chi connectivity index (χ1v) is 1.50. The molecule has 0 radical (unpaired) electrons. The minimum absolute atomic E-state index is 0. The van der Waals surface area contributed by atoms with E-state index in [1.165, 1.54) is 7.11 Å². The summed E-state index contributed by atoms with van der Waals surface area (Å²) in [5, 5.41) is 0. The van der Waals surface area contributed by atoms with Gasteiger partial charge in [0.25, 0.3) is 0 Å². The fraction of sp³-hybridized carbons (Fsp3) is 1.00. The topological polar surface area (TPSA) is 26.3 Å². The van der Waals surface area contributed by atoms with E-state index in [2.05, 4.69) is 4.52 Å². The van der Waals surface area contributed by atoms with E-state index in [-0.39, 0.29) is 38.2 Å². The van der Waals surface area contributed by atoms with Crippen LogP contribution in [0.25, 0.3) is 0 Å². The summed E-state index contributed by atoms with van der Waals surface area (Å²) in [7, 11) is 1.10. The predicted molar refractivity (Wildman–Crippen MR) is 14.6 cm³/mol. The van der Waals surface area contributed by atoms with E-state index in [1.807, 2.05) is 0 Å². The van der Waals surface area contributed by atoms with E-state index < -0.39 is 0 Å². The molecule has 0 saturated carbocycles. The van der Waals surface area contributed by atoms with Crippen LogP contribution in [0.1, 0.15) is 0 Å². The molecule has 0 N–H and O–H groups in total. The van der Waals surface area contributed by atoms with Gasteiger partial charge in [-0.2, -0.15) is 0 Å². The first-order chi connectivity index (χ1) is 1.91. The second-order valence-corrected chi connectivity index (χ2v) is 0.771. The third-order valence-corrected chi connectivity index (χ3v) is 0.224. The Morgan fingerprint density at radius 2 is 2.00 bits per heavy atom. The van der Waals surface area contributed by atoms with Crippen LogP contribution >= 0.6 is 8.69 Å². The molecule has 5 heavy (non-hydrogen) atoms. The molecule has 24 valence electrons. The molecule has 0 heterocycles. The van der Waals surface area contributed by atoms with Crippen LogP contribution in [0.3, 0.4) is 0 Å². The van der Waals surface area contributed by atoms with Crippen molar-refractivity contribution in [3.05, 3.63) is 0 Å². The van der Waals surface area contributed by atoms with Crippen molar-refractivity contribution < 1.29 is 38.6 Å². The fourth-order valence-corrected chi connectivity index (χ4v) is 0. The summed E-state index contributed by atoms with van der Waals surface area (Å²) in [6.07, 6.45) is 0. The van der Waals surface area contributed by atoms with E-state index in [1.54, 1.807) is 0 Å². The molecule has 0 aliphatic heterocycles. The second kappa shape index (κ2) is 8.91. The summed E-state index contributed by atoms with van der Waals surface area (Å²) in [4.78, 5) is 0. The molecule has 0 aromatic rings. The maximum atomic E-state index is 9.05. The third kappa shape index (κ3) is 11.2. The van der Waals surface area contributed by atoms with Crippen molar-refractivity contribution in [2.75, 3.05) is 7.11 Å². The van der Waals surface area contributed by atoms with Gasteiger partial charge in [-0.15, -0.1) is 0 Å². The fourth-order valence-electron chi connectivity index (χ4n) is 0. The molecule has 0 fully saturated rings. The van der Waals surface area contributed by atoms with Crippen molar-refractivity contribution in [1.29, 1.82) is 0 Å². The Morgan fingerprint density at radius 1 is 1.80 bits per heavy atom. The predicted octanol–water partition coefficient (Wildman–Crippen LogP) is -2.16. The molecule has 0 amide bonds. The van der Waals surface area contributed by atoms with Crippen LogP contribution in [0.5, 0.6) is 0 Å². The minimum atomic E-state index is -0.252. The molecule has 0 rings (SSSR count). The summed E-state index contributed by atoms with van der Waals surface area (Å²) in [6, 6.07) is 0. The molecule has 0 unspecified atom stereocenters. The quantitative estimate of drug-likeness (QED) is 0.278. The Morgan fingerprint density at radius 3 is 2.00 bits per heavy atom. The number of hydrogen-bond donors (Lipinski definition) is 0. The van der Waals surface area contributed by atoms with E-state index in [0.29, 0.717) is 0 Å². The molecule has 4 heteroatoms. The van der Waals surface area contributed by atoms with Crippen molar-refractivity contribution >= 4 is 8.69 Å². The SMILES string of the molecule is COP=O.[Na+]. The molecule has 0 bridgehead atoms. The van der Waals surface area contributed by atoms with Gasteiger partial charge in [0.2, 0.25) is 0 Å². The maximum Gasteiger partial charge on any atom is 1.00 e. The Balaban J connectivity index is 0. The van der Waals surface area contributed by atoms with Crippen LogP contribution in [0.15, 0.2) is 0 Å². The van der Waals surface area contributed by atoms with E-state index in [0.717, 1.165) is 0 Å². The summed E-state index contributed by atoms with van der Waals surface area (Å²) in [5.74, 6) is 0. The standard InChI is InChI=1S/CH3O2P.Na/c1-3-4-2;/h1H3;/q;+1. The first-order valence-electron chi connectivity index (χ1n) is 0.773. The van der Waals surface area contributed by atoms with Crippen molar-refractivity contribution in [2.24, 2.45) is 0 Å². The molecule has 0 atom stereocenters. The van der Waals surface area contributed by atoms with Crippen LogP contribution < -0.4 is 29.6 Å². The first kappa shape index (κ1) is 9.41. The van der Waals surface area contributed by atoms with Crippen LogP contribution in [0.2, 0.25) is 0 Å². The smallest absolute Gasteiger partial charge is 0.298 e. The van der Waals surface area contributed by atoms with Gasteiger partial charge < -0.3 is 0 Å². The Labute approximate surface area is 54.5 Å². The number of rotatable bonds is 1. The van der Waals surface area contributed by atoms with Gasteiger partial charge in [0.15, 0.2) is 0 Å². The number of hydrogen-bond acceptors (Lipinski definition) is 2. The van der Waals surface area contributed by atoms with Crippen LogP contribution in [0.4, 0.5) is 0 Å². The zero-order chi connectivity index (χ0) is 3.41. The Hall–Kier alpha value is 1.06. The molecule has 0 aliphatic rings. The molecule has 0 aromatic carbocycles. The van der Waals surface area contributed by atoms with Crippen molar-refractivity contribution in [3.8, 4) is 0 Å². The van der Waals surface area contributed by atoms with Gasteiger partial charge in [-0.05, 0) is 0 Å². The zero-order valence-corrected chi connectivity index (χ0v) is 6.16. The molecule has 0 saturated heterocycles. The maximum absolute atomic E-state index is 9.05. The third-order valence-electron chi connectivity index (χ3n) is 0.0745. The molecule has 0 aliphatic carbocycles. The van der Waals surface area contributed by atoms with Crippen LogP contribution in [-0.2, 0) is 9.09 Å². The van der Waals surface area contributed by atoms with Gasteiger partial charge in [0, 0.05) is 7.11 Å². The Bertz CT molecular complexity index is 23.6. The molecular formula is CH3NaO2P+. The monoisotopic (exact) mass is 101 g/mol. The molecule has 0 aromatic heterocycles. The van der Waals surface area contributed by atoms with Crippen molar-refractivity contribution in [1.82, 2.24) is 0 Å². The largest absolute Gasteiger partial charge is 1.00 e. The molecule has 2 nitrogen and oxygen atoms in total. The summed E-state index contributed by atoms with van der Waals surface area (Å²) in [6.45, 7) is 0. The van der Waals surface area contributed by atoms with Crippen molar-refractivity contribution in [3.63, 3.8) is 0 Å². The average molecular weight is 101 g/mol. The summed E-state index contributed by atoms with van der Waals surface area (Å²) >= 11 is 0. The minimum Gasteiger partial charge on any atom is -0.298 e. The van der Waals surface area contributed by atoms with Gasteiger partial charge in [-0.1, -0.05) is 0 Å². The van der Waals surface area contributed by atoms with Gasteiger partial charge in [0.1, 0.15) is 0 Å². The van der Waals surface area contributed by atoms with Gasteiger partial charge in [0.05, 0.1) is 0 Å². The summed E-state index contributed by atoms with van der Waals surface area (Å²) in [5.41, 5.74) is 0. The van der Waals surface area contributed by atoms with Gasteiger partial charge in [-0.3, -0.25) is 4.52 Å². The average Bonchev–Trinajstić information content (AvgIpc) is 1.37. The van der Waals surface area contributed by atoms with E-state index in [9.17, 15) is 0 Å². The van der Waals surface area contributed by atoms with Gasteiger partial charge in [-0.25, -0.2) is 4.57 Å². The molecule has 0 spiro atoms. The van der Waals surface area contributed by atoms with Crippen molar-refractivity contribution in [2.45, 2.75) is 0 Å².